The predicted molar refractivity (Wildman–Crippen MR) is 143 cm³/mol. The number of rotatable bonds is 11. The molecule has 5 rings (SSSR count). The molecule has 0 spiro atoms. The van der Waals surface area contributed by atoms with Gasteiger partial charge in [-0.25, -0.2) is 4.98 Å². The zero-order valence-electron chi connectivity index (χ0n) is 21.3. The van der Waals surface area contributed by atoms with E-state index in [9.17, 15) is 9.90 Å². The number of aliphatic hydroxyl groups excluding tert-OH is 1. The highest BCUT2D eigenvalue weighted by atomic mass is 32.1. The number of ether oxygens (including phenoxy) is 3. The molecule has 9 heteroatoms. The largest absolute Gasteiger partial charge is 0.494 e. The first kappa shape index (κ1) is 25.5. The molecule has 1 fully saturated rings. The monoisotopic (exact) mass is 523 g/mol. The van der Waals surface area contributed by atoms with Gasteiger partial charge in [-0.2, -0.15) is 0 Å². The van der Waals surface area contributed by atoms with Gasteiger partial charge in [0.25, 0.3) is 0 Å². The molecule has 1 aromatic heterocycles. The van der Waals surface area contributed by atoms with Crippen LogP contribution in [-0.2, 0) is 10.2 Å². The number of aromatic nitrogens is 1. The van der Waals surface area contributed by atoms with Gasteiger partial charge in [0.15, 0.2) is 16.6 Å². The lowest BCUT2D eigenvalue weighted by atomic mass is 9.94. The molecule has 0 radical (unpaired) electrons. The molecule has 1 aliphatic heterocycles. The predicted octanol–water partition coefficient (Wildman–Crippen LogP) is 4.64. The van der Waals surface area contributed by atoms with E-state index in [0.717, 1.165) is 34.6 Å². The minimum atomic E-state index is -0.578. The van der Waals surface area contributed by atoms with Crippen LogP contribution in [0.4, 0.5) is 5.13 Å². The van der Waals surface area contributed by atoms with E-state index >= 15 is 0 Å². The van der Waals surface area contributed by atoms with Crippen LogP contribution in [0.25, 0.3) is 0 Å². The highest BCUT2D eigenvalue weighted by molar-refractivity contribution is 7.15. The first-order chi connectivity index (χ1) is 17.9. The second-order valence-electron chi connectivity index (χ2n) is 9.78. The van der Waals surface area contributed by atoms with Crippen LogP contribution in [0, 0.1) is 5.92 Å². The van der Waals surface area contributed by atoms with Crippen molar-refractivity contribution in [1.82, 2.24) is 10.3 Å². The average molecular weight is 524 g/mol. The van der Waals surface area contributed by atoms with Crippen LogP contribution in [0.5, 0.6) is 17.2 Å². The summed E-state index contributed by atoms with van der Waals surface area (Å²) in [7, 11) is 0. The summed E-state index contributed by atoms with van der Waals surface area (Å²) in [5, 5.41) is 17.2. The Morgan fingerprint density at radius 2 is 1.97 bits per heavy atom. The van der Waals surface area contributed by atoms with E-state index in [1.807, 2.05) is 49.4 Å². The van der Waals surface area contributed by atoms with Crippen LogP contribution in [-0.4, -0.2) is 42.0 Å². The van der Waals surface area contributed by atoms with Crippen molar-refractivity contribution >= 4 is 22.4 Å². The fourth-order valence-corrected chi connectivity index (χ4v) is 5.55. The SMILES string of the molecule is CCOc1ccccc1C(NC(CO)C(C)C)c1cnc(NC(=O)C2(c3ccc4c(c3)OCO4)CC2)s1. The summed E-state index contributed by atoms with van der Waals surface area (Å²) in [4.78, 5) is 18.9. The number of aliphatic hydroxyl groups is 1. The first-order valence-electron chi connectivity index (χ1n) is 12.7. The standard InChI is InChI=1S/C28H33N3O5S/c1-4-34-21-8-6-5-7-19(21)25(30-20(15-32)17(2)3)24-14-29-27(37-24)31-26(33)28(11-12-28)18-9-10-22-23(13-18)36-16-35-22/h5-10,13-14,17,20,25,30,32H,4,11-12,15-16H2,1-3H3,(H,29,31,33). The molecule has 0 saturated heterocycles. The molecule has 8 nitrogen and oxygen atoms in total. The number of thiazole rings is 1. The Bertz CT molecular complexity index is 1260. The Hall–Kier alpha value is -3.14. The normalized spacial score (nSPS) is 16.9. The number of nitrogens with one attached hydrogen (secondary N) is 2. The van der Waals surface area contributed by atoms with Gasteiger partial charge in [0.05, 0.1) is 24.7 Å². The third-order valence-electron chi connectivity index (χ3n) is 7.05. The lowest BCUT2D eigenvalue weighted by molar-refractivity contribution is -0.118. The number of hydrogen-bond acceptors (Lipinski definition) is 8. The van der Waals surface area contributed by atoms with Gasteiger partial charge >= 0.3 is 0 Å². The zero-order chi connectivity index (χ0) is 26.0. The van der Waals surface area contributed by atoms with Crippen LogP contribution >= 0.6 is 11.3 Å². The summed E-state index contributed by atoms with van der Waals surface area (Å²) in [5.41, 5.74) is 1.31. The van der Waals surface area contributed by atoms with E-state index < -0.39 is 5.41 Å². The molecule has 1 aliphatic carbocycles. The summed E-state index contributed by atoms with van der Waals surface area (Å²) in [5.74, 6) is 2.32. The van der Waals surface area contributed by atoms with Crippen molar-refractivity contribution in [2.24, 2.45) is 5.92 Å². The van der Waals surface area contributed by atoms with E-state index in [2.05, 4.69) is 29.5 Å². The van der Waals surface area contributed by atoms with Gasteiger partial charge in [-0.3, -0.25) is 4.79 Å². The maximum absolute atomic E-state index is 13.4. The number of nitrogens with zero attached hydrogens (tertiary/aromatic N) is 1. The highest BCUT2D eigenvalue weighted by Gasteiger charge is 2.52. The van der Waals surface area contributed by atoms with Crippen molar-refractivity contribution in [1.29, 1.82) is 0 Å². The van der Waals surface area contributed by atoms with E-state index in [-0.39, 0.29) is 37.3 Å². The molecule has 37 heavy (non-hydrogen) atoms. The second-order valence-corrected chi connectivity index (χ2v) is 10.8. The van der Waals surface area contributed by atoms with Crippen LogP contribution in [0.3, 0.4) is 0 Å². The van der Waals surface area contributed by atoms with E-state index in [1.165, 1.54) is 11.3 Å². The van der Waals surface area contributed by atoms with E-state index in [4.69, 9.17) is 14.2 Å². The summed E-state index contributed by atoms with van der Waals surface area (Å²) in [6, 6.07) is 13.2. The van der Waals surface area contributed by atoms with Crippen LogP contribution < -0.4 is 24.8 Å². The van der Waals surface area contributed by atoms with Gasteiger partial charge < -0.3 is 30.0 Å². The number of anilines is 1. The average Bonchev–Trinajstić information content (AvgIpc) is 3.36. The lowest BCUT2D eigenvalue weighted by Crippen LogP contribution is -2.39. The molecule has 2 unspecified atom stereocenters. The molecular formula is C28H33N3O5S. The number of carbonyl (C=O) groups is 1. The number of carbonyl (C=O) groups excluding carboxylic acids is 1. The molecule has 2 atom stereocenters. The maximum Gasteiger partial charge on any atom is 0.236 e. The Morgan fingerprint density at radius 3 is 2.70 bits per heavy atom. The molecule has 1 saturated carbocycles. The van der Waals surface area contributed by atoms with Crippen molar-refractivity contribution in [3.8, 4) is 17.2 Å². The van der Waals surface area contributed by atoms with Crippen LogP contribution in [0.2, 0.25) is 0 Å². The summed E-state index contributed by atoms with van der Waals surface area (Å²) in [6.07, 6.45) is 3.33. The number of amides is 1. The lowest BCUT2D eigenvalue weighted by Gasteiger charge is -2.27. The van der Waals surface area contributed by atoms with Gasteiger partial charge in [0, 0.05) is 22.7 Å². The molecule has 3 N–H and O–H groups in total. The van der Waals surface area contributed by atoms with Gasteiger partial charge in [-0.15, -0.1) is 0 Å². The third kappa shape index (κ3) is 5.16. The fourth-order valence-electron chi connectivity index (χ4n) is 4.66. The van der Waals surface area contributed by atoms with Crippen molar-refractivity contribution in [2.75, 3.05) is 25.3 Å². The number of fused-ring (bicyclic) bond motifs is 1. The molecule has 196 valence electrons. The Morgan fingerprint density at radius 1 is 1.19 bits per heavy atom. The van der Waals surface area contributed by atoms with Gasteiger partial charge in [-0.1, -0.05) is 49.4 Å². The molecule has 0 bridgehead atoms. The Kier molecular flexibility index (Phi) is 7.37. The van der Waals surface area contributed by atoms with Gasteiger partial charge in [0.1, 0.15) is 5.75 Å². The molecular weight excluding hydrogens is 490 g/mol. The molecule has 2 aliphatic rings. The number of hydrogen-bond donors (Lipinski definition) is 3. The molecule has 1 amide bonds. The van der Waals surface area contributed by atoms with Gasteiger partial charge in [0.2, 0.25) is 12.7 Å². The fraction of sp³-hybridized carbons (Fsp3) is 0.429. The zero-order valence-corrected chi connectivity index (χ0v) is 22.1. The first-order valence-corrected chi connectivity index (χ1v) is 13.5. The third-order valence-corrected chi connectivity index (χ3v) is 8.03. The smallest absolute Gasteiger partial charge is 0.236 e. The van der Waals surface area contributed by atoms with Gasteiger partial charge in [-0.05, 0) is 49.4 Å². The van der Waals surface area contributed by atoms with Crippen molar-refractivity contribution in [2.45, 2.75) is 51.1 Å². The number of para-hydroxylation sites is 1. The molecule has 2 aromatic carbocycles. The summed E-state index contributed by atoms with van der Waals surface area (Å²) < 4.78 is 16.8. The number of benzene rings is 2. The van der Waals surface area contributed by atoms with Crippen LogP contribution in [0.15, 0.2) is 48.7 Å². The maximum atomic E-state index is 13.4. The topological polar surface area (TPSA) is 102 Å². The second kappa shape index (κ2) is 10.7. The quantitative estimate of drug-likeness (QED) is 0.337. The summed E-state index contributed by atoms with van der Waals surface area (Å²) >= 11 is 1.43. The Labute approximate surface area is 221 Å². The van der Waals surface area contributed by atoms with Crippen molar-refractivity contribution in [3.63, 3.8) is 0 Å². The van der Waals surface area contributed by atoms with Crippen molar-refractivity contribution in [3.05, 3.63) is 64.7 Å². The van der Waals surface area contributed by atoms with E-state index in [1.54, 1.807) is 6.20 Å². The molecule has 3 aromatic rings. The highest BCUT2D eigenvalue weighted by Crippen LogP contribution is 2.51. The molecule has 2 heterocycles. The summed E-state index contributed by atoms with van der Waals surface area (Å²) in [6.45, 7) is 6.86. The van der Waals surface area contributed by atoms with Crippen molar-refractivity contribution < 1.29 is 24.1 Å². The Balaban J connectivity index is 1.39. The minimum absolute atomic E-state index is 0.00537. The van der Waals surface area contributed by atoms with E-state index in [0.29, 0.717) is 23.2 Å². The van der Waals surface area contributed by atoms with Crippen LogP contribution in [0.1, 0.15) is 55.7 Å². The minimum Gasteiger partial charge on any atom is -0.494 e.